The number of ether oxygens (including phenoxy) is 1. The molecule has 2 atom stereocenters. The fourth-order valence-electron chi connectivity index (χ4n) is 3.03. The smallest absolute Gasteiger partial charge is 0.228 e. The van der Waals surface area contributed by atoms with Gasteiger partial charge in [-0.1, -0.05) is 24.6 Å². The highest BCUT2D eigenvalue weighted by Crippen LogP contribution is 2.36. The maximum Gasteiger partial charge on any atom is 0.228 e. The highest BCUT2D eigenvalue weighted by molar-refractivity contribution is 6.32. The minimum absolute atomic E-state index is 0.0327. The minimum atomic E-state index is 0.0327. The SMILES string of the molecule is CCNC(c1cc2c(cc1Cl)NC(=O)C2)C1CCCO1. The van der Waals surface area contributed by atoms with Gasteiger partial charge in [-0.3, -0.25) is 4.79 Å². The molecule has 0 saturated carbocycles. The molecule has 2 aliphatic rings. The lowest BCUT2D eigenvalue weighted by Crippen LogP contribution is -2.31. The fraction of sp³-hybridized carbons (Fsp3) is 0.533. The van der Waals surface area contributed by atoms with Gasteiger partial charge in [-0.25, -0.2) is 0 Å². The van der Waals surface area contributed by atoms with E-state index in [0.717, 1.165) is 42.8 Å². The Kier molecular flexibility index (Phi) is 3.96. The van der Waals surface area contributed by atoms with E-state index in [2.05, 4.69) is 17.6 Å². The van der Waals surface area contributed by atoms with E-state index in [4.69, 9.17) is 16.3 Å². The number of likely N-dealkylation sites (N-methyl/N-ethyl adjacent to an activating group) is 1. The topological polar surface area (TPSA) is 50.4 Å². The number of rotatable bonds is 4. The third-order valence-corrected chi connectivity index (χ3v) is 4.27. The molecule has 0 aromatic heterocycles. The largest absolute Gasteiger partial charge is 0.376 e. The van der Waals surface area contributed by atoms with Gasteiger partial charge in [0.05, 0.1) is 18.6 Å². The van der Waals surface area contributed by atoms with E-state index in [0.29, 0.717) is 11.4 Å². The van der Waals surface area contributed by atoms with E-state index in [9.17, 15) is 4.79 Å². The monoisotopic (exact) mass is 294 g/mol. The van der Waals surface area contributed by atoms with Crippen molar-refractivity contribution >= 4 is 23.2 Å². The Morgan fingerprint density at radius 1 is 1.55 bits per heavy atom. The van der Waals surface area contributed by atoms with Gasteiger partial charge in [0.1, 0.15) is 0 Å². The normalized spacial score (nSPS) is 22.7. The Bertz CT molecular complexity index is 527. The molecular weight excluding hydrogens is 276 g/mol. The maximum absolute atomic E-state index is 11.5. The summed E-state index contributed by atoms with van der Waals surface area (Å²) in [5.41, 5.74) is 2.90. The second kappa shape index (κ2) is 5.72. The van der Waals surface area contributed by atoms with Gasteiger partial charge in [0.2, 0.25) is 5.91 Å². The minimum Gasteiger partial charge on any atom is -0.376 e. The average molecular weight is 295 g/mol. The van der Waals surface area contributed by atoms with Gasteiger partial charge in [-0.05, 0) is 36.6 Å². The molecule has 108 valence electrons. The zero-order valence-electron chi connectivity index (χ0n) is 11.5. The zero-order chi connectivity index (χ0) is 14.1. The second-order valence-electron chi connectivity index (χ2n) is 5.34. The van der Waals surface area contributed by atoms with Gasteiger partial charge < -0.3 is 15.4 Å². The number of anilines is 1. The van der Waals surface area contributed by atoms with Crippen LogP contribution in [0.15, 0.2) is 12.1 Å². The van der Waals surface area contributed by atoms with Crippen LogP contribution < -0.4 is 10.6 Å². The van der Waals surface area contributed by atoms with Crippen LogP contribution in [0.1, 0.15) is 36.9 Å². The predicted octanol–water partition coefficient (Wildman–Crippen LogP) is 2.66. The number of fused-ring (bicyclic) bond motifs is 1. The molecule has 1 saturated heterocycles. The summed E-state index contributed by atoms with van der Waals surface area (Å²) in [6.45, 7) is 3.75. The molecule has 1 aromatic carbocycles. The first-order valence-electron chi connectivity index (χ1n) is 7.16. The summed E-state index contributed by atoms with van der Waals surface area (Å²) in [4.78, 5) is 11.5. The Labute approximate surface area is 123 Å². The van der Waals surface area contributed by atoms with E-state index in [-0.39, 0.29) is 18.1 Å². The number of halogens is 1. The van der Waals surface area contributed by atoms with Crippen molar-refractivity contribution in [1.82, 2.24) is 5.32 Å². The van der Waals surface area contributed by atoms with Crippen LogP contribution in [0.4, 0.5) is 5.69 Å². The first-order chi connectivity index (χ1) is 9.69. The third-order valence-electron chi connectivity index (χ3n) is 3.94. The number of hydrogen-bond acceptors (Lipinski definition) is 3. The van der Waals surface area contributed by atoms with Crippen LogP contribution in [0.3, 0.4) is 0 Å². The summed E-state index contributed by atoms with van der Waals surface area (Å²) >= 11 is 6.42. The molecule has 0 spiro atoms. The summed E-state index contributed by atoms with van der Waals surface area (Å²) in [6, 6.07) is 4.00. The van der Waals surface area contributed by atoms with Crippen LogP contribution >= 0.6 is 11.6 Å². The molecule has 1 aromatic rings. The zero-order valence-corrected chi connectivity index (χ0v) is 12.3. The Morgan fingerprint density at radius 3 is 3.10 bits per heavy atom. The van der Waals surface area contributed by atoms with Crippen molar-refractivity contribution in [3.63, 3.8) is 0 Å². The summed E-state index contributed by atoms with van der Waals surface area (Å²) in [7, 11) is 0. The highest BCUT2D eigenvalue weighted by Gasteiger charge is 2.30. The molecule has 3 rings (SSSR count). The molecule has 2 N–H and O–H groups in total. The van der Waals surface area contributed by atoms with E-state index >= 15 is 0 Å². The van der Waals surface area contributed by atoms with Crippen LogP contribution in [0, 0.1) is 0 Å². The Hall–Kier alpha value is -1.10. The molecule has 0 aliphatic carbocycles. The number of amides is 1. The van der Waals surface area contributed by atoms with E-state index in [1.165, 1.54) is 0 Å². The van der Waals surface area contributed by atoms with E-state index in [1.54, 1.807) is 0 Å². The van der Waals surface area contributed by atoms with Gasteiger partial charge >= 0.3 is 0 Å². The lowest BCUT2D eigenvalue weighted by molar-refractivity contribution is -0.115. The van der Waals surface area contributed by atoms with Crippen LogP contribution in [0.25, 0.3) is 0 Å². The van der Waals surface area contributed by atoms with Crippen molar-refractivity contribution in [3.05, 3.63) is 28.3 Å². The number of nitrogens with one attached hydrogen (secondary N) is 2. The van der Waals surface area contributed by atoms with Crippen LogP contribution in [0.5, 0.6) is 0 Å². The fourth-order valence-corrected chi connectivity index (χ4v) is 3.31. The molecule has 5 heteroatoms. The van der Waals surface area contributed by atoms with E-state index in [1.807, 2.05) is 12.1 Å². The number of carbonyl (C=O) groups excluding carboxylic acids is 1. The van der Waals surface area contributed by atoms with Crippen molar-refractivity contribution in [3.8, 4) is 0 Å². The first kappa shape index (κ1) is 13.9. The van der Waals surface area contributed by atoms with Crippen LogP contribution in [-0.4, -0.2) is 25.2 Å². The summed E-state index contributed by atoms with van der Waals surface area (Å²) in [5, 5.41) is 6.99. The lowest BCUT2D eigenvalue weighted by atomic mass is 9.96. The van der Waals surface area contributed by atoms with Gasteiger partial charge in [0.25, 0.3) is 0 Å². The predicted molar refractivity (Wildman–Crippen MR) is 79.2 cm³/mol. The van der Waals surface area contributed by atoms with Crippen molar-refractivity contribution in [1.29, 1.82) is 0 Å². The second-order valence-corrected chi connectivity index (χ2v) is 5.75. The molecule has 0 radical (unpaired) electrons. The molecule has 2 heterocycles. The van der Waals surface area contributed by atoms with Crippen LogP contribution in [0.2, 0.25) is 5.02 Å². The average Bonchev–Trinajstić information content (AvgIpc) is 3.03. The Balaban J connectivity index is 1.94. The molecule has 2 unspecified atom stereocenters. The first-order valence-corrected chi connectivity index (χ1v) is 7.54. The summed E-state index contributed by atoms with van der Waals surface area (Å²) < 4.78 is 5.81. The van der Waals surface area contributed by atoms with Gasteiger partial charge in [0.15, 0.2) is 0 Å². The van der Waals surface area contributed by atoms with Crippen molar-refractivity contribution in [2.75, 3.05) is 18.5 Å². The molecule has 20 heavy (non-hydrogen) atoms. The number of carbonyl (C=O) groups is 1. The van der Waals surface area contributed by atoms with Gasteiger partial charge in [-0.2, -0.15) is 0 Å². The van der Waals surface area contributed by atoms with Crippen molar-refractivity contribution in [2.24, 2.45) is 0 Å². The lowest BCUT2D eigenvalue weighted by Gasteiger charge is -2.25. The van der Waals surface area contributed by atoms with Gasteiger partial charge in [0, 0.05) is 17.3 Å². The molecule has 1 fully saturated rings. The van der Waals surface area contributed by atoms with Gasteiger partial charge in [-0.15, -0.1) is 0 Å². The van der Waals surface area contributed by atoms with Crippen LogP contribution in [-0.2, 0) is 16.0 Å². The molecule has 1 amide bonds. The molecule has 2 aliphatic heterocycles. The molecule has 0 bridgehead atoms. The standard InChI is InChI=1S/C15H19ClN2O2/c1-2-17-15(13-4-3-5-20-13)10-6-9-7-14(19)18-12(9)8-11(10)16/h6,8,13,15,17H,2-5,7H2,1H3,(H,18,19). The Morgan fingerprint density at radius 2 is 2.40 bits per heavy atom. The molecular formula is C15H19ClN2O2. The maximum atomic E-state index is 11.5. The third kappa shape index (κ3) is 2.55. The highest BCUT2D eigenvalue weighted by atomic mass is 35.5. The van der Waals surface area contributed by atoms with E-state index < -0.39 is 0 Å². The van der Waals surface area contributed by atoms with Crippen molar-refractivity contribution in [2.45, 2.75) is 38.3 Å². The quantitative estimate of drug-likeness (QED) is 0.897. The number of hydrogen-bond donors (Lipinski definition) is 2. The summed E-state index contributed by atoms with van der Waals surface area (Å²) in [6.07, 6.45) is 2.73. The van der Waals surface area contributed by atoms with Crippen molar-refractivity contribution < 1.29 is 9.53 Å². The molecule has 4 nitrogen and oxygen atoms in total. The summed E-state index contributed by atoms with van der Waals surface area (Å²) in [5.74, 6) is 0.0327. The number of benzene rings is 1.